The first-order valence-corrected chi connectivity index (χ1v) is 6.38. The highest BCUT2D eigenvalue weighted by Crippen LogP contribution is 2.43. The number of urea groups is 1. The lowest BCUT2D eigenvalue weighted by Crippen LogP contribution is -2.34. The summed E-state index contributed by atoms with van der Waals surface area (Å²) in [6.45, 7) is 2.22. The first-order chi connectivity index (χ1) is 7.16. The summed E-state index contributed by atoms with van der Waals surface area (Å²) < 4.78 is 0. The van der Waals surface area contributed by atoms with Gasteiger partial charge in [0.05, 0.1) is 0 Å². The molecule has 1 heterocycles. The van der Waals surface area contributed by atoms with E-state index in [1.807, 2.05) is 0 Å². The molecule has 0 unspecified atom stereocenters. The number of hydrogen-bond donors (Lipinski definition) is 2. The lowest BCUT2D eigenvalue weighted by Gasteiger charge is -2.30. The molecule has 1 saturated heterocycles. The third kappa shape index (κ3) is 2.45. The molecule has 2 aliphatic rings. The number of rotatable bonds is 1. The van der Waals surface area contributed by atoms with Crippen LogP contribution in [0, 0.1) is 5.92 Å². The molecule has 1 aliphatic heterocycles. The number of amides is 2. The molecule has 2 rings (SSSR count). The van der Waals surface area contributed by atoms with Crippen LogP contribution in [0.3, 0.4) is 0 Å². The van der Waals surface area contributed by atoms with Crippen LogP contribution in [-0.4, -0.2) is 22.2 Å². The zero-order valence-corrected chi connectivity index (χ0v) is 9.72. The monoisotopic (exact) mass is 227 g/mol. The van der Waals surface area contributed by atoms with Gasteiger partial charge in [0.2, 0.25) is 0 Å². The van der Waals surface area contributed by atoms with Gasteiger partial charge in [0, 0.05) is 22.1 Å². The topological polar surface area (TPSA) is 67.5 Å². The van der Waals surface area contributed by atoms with E-state index in [2.05, 4.69) is 29.2 Å². The van der Waals surface area contributed by atoms with Crippen molar-refractivity contribution >= 4 is 23.5 Å². The van der Waals surface area contributed by atoms with Gasteiger partial charge in [-0.3, -0.25) is 0 Å². The molecule has 3 N–H and O–H groups in total. The molecule has 84 valence electrons. The molecule has 15 heavy (non-hydrogen) atoms. The highest BCUT2D eigenvalue weighted by Gasteiger charge is 2.37. The number of hydrogen-bond acceptors (Lipinski definition) is 3. The minimum absolute atomic E-state index is 0.567. The summed E-state index contributed by atoms with van der Waals surface area (Å²) in [5.74, 6) is 0.568. The first kappa shape index (κ1) is 10.8. The Morgan fingerprint density at radius 1 is 1.60 bits per heavy atom. The molecule has 0 spiro atoms. The summed E-state index contributed by atoms with van der Waals surface area (Å²) in [6.07, 6.45) is 4.76. The van der Waals surface area contributed by atoms with E-state index in [9.17, 15) is 4.79 Å². The smallest absolute Gasteiger partial charge is 0.332 e. The number of primary amides is 1. The molecule has 4 nitrogen and oxygen atoms in total. The van der Waals surface area contributed by atoms with Crippen molar-refractivity contribution in [2.75, 3.05) is 0 Å². The molecule has 1 saturated carbocycles. The van der Waals surface area contributed by atoms with E-state index in [1.165, 1.54) is 19.3 Å². The van der Waals surface area contributed by atoms with Gasteiger partial charge in [-0.1, -0.05) is 13.3 Å². The molecule has 5 heteroatoms. The second-order valence-corrected chi connectivity index (χ2v) is 5.99. The van der Waals surface area contributed by atoms with Crippen molar-refractivity contribution in [1.82, 2.24) is 5.43 Å². The minimum atomic E-state index is -0.567. The van der Waals surface area contributed by atoms with Crippen LogP contribution in [0.2, 0.25) is 0 Å². The summed E-state index contributed by atoms with van der Waals surface area (Å²) >= 11 is 2.07. The van der Waals surface area contributed by atoms with Gasteiger partial charge < -0.3 is 5.73 Å². The van der Waals surface area contributed by atoms with E-state index in [1.54, 1.807) is 0 Å². The maximum absolute atomic E-state index is 10.6. The standard InChI is InChI=1S/C10H17N3OS/c1-6-5-8(12-13-10(11)14)7-3-2-4-9(7)15-6/h6-7,9H,2-5H2,1H3,(H3,11,13,14)/b12-8+/t6-,7+,9+/m1/s1. The average molecular weight is 227 g/mol. The quantitative estimate of drug-likeness (QED) is 0.670. The summed E-state index contributed by atoms with van der Waals surface area (Å²) in [7, 11) is 0. The van der Waals surface area contributed by atoms with Gasteiger partial charge in [0.1, 0.15) is 0 Å². The number of nitrogens with zero attached hydrogens (tertiary/aromatic N) is 1. The fraction of sp³-hybridized carbons (Fsp3) is 0.800. The maximum Gasteiger partial charge on any atom is 0.332 e. The van der Waals surface area contributed by atoms with E-state index < -0.39 is 6.03 Å². The maximum atomic E-state index is 10.6. The molecule has 2 fully saturated rings. The Morgan fingerprint density at radius 3 is 3.13 bits per heavy atom. The number of thioether (sulfide) groups is 1. The second kappa shape index (κ2) is 4.43. The Morgan fingerprint density at radius 2 is 2.40 bits per heavy atom. The van der Waals surface area contributed by atoms with Crippen molar-refractivity contribution < 1.29 is 4.79 Å². The van der Waals surface area contributed by atoms with E-state index in [0.717, 1.165) is 12.1 Å². The number of hydrazone groups is 1. The van der Waals surface area contributed by atoms with Gasteiger partial charge in [0.15, 0.2) is 0 Å². The van der Waals surface area contributed by atoms with Crippen LogP contribution in [0.15, 0.2) is 5.10 Å². The lowest BCUT2D eigenvalue weighted by molar-refractivity contribution is 0.249. The number of nitrogens with one attached hydrogen (secondary N) is 1. The average Bonchev–Trinajstić information content (AvgIpc) is 2.61. The van der Waals surface area contributed by atoms with Crippen LogP contribution >= 0.6 is 11.8 Å². The molecule has 1 aliphatic carbocycles. The Bertz CT molecular complexity index is 292. The SMILES string of the molecule is C[C@@H]1C/C(=N\NC(N)=O)[C@@H]2CCC[C@@H]2S1. The molecule has 0 radical (unpaired) electrons. The van der Waals surface area contributed by atoms with Crippen molar-refractivity contribution in [3.63, 3.8) is 0 Å². The number of carbonyl (C=O) groups is 1. The summed E-state index contributed by atoms with van der Waals surface area (Å²) in [5.41, 5.74) is 8.53. The normalized spacial score (nSPS) is 37.7. The van der Waals surface area contributed by atoms with E-state index in [4.69, 9.17) is 5.73 Å². The Kier molecular flexibility index (Phi) is 3.19. The fourth-order valence-electron chi connectivity index (χ4n) is 2.52. The van der Waals surface area contributed by atoms with Gasteiger partial charge in [-0.2, -0.15) is 16.9 Å². The van der Waals surface area contributed by atoms with Gasteiger partial charge in [-0.15, -0.1) is 0 Å². The largest absolute Gasteiger partial charge is 0.350 e. The van der Waals surface area contributed by atoms with Crippen LogP contribution in [-0.2, 0) is 0 Å². The number of nitrogens with two attached hydrogens (primary N) is 1. The second-order valence-electron chi connectivity index (χ2n) is 4.31. The highest BCUT2D eigenvalue weighted by molar-refractivity contribution is 8.00. The van der Waals surface area contributed by atoms with Crippen molar-refractivity contribution in [2.24, 2.45) is 16.8 Å². The zero-order valence-electron chi connectivity index (χ0n) is 8.90. The summed E-state index contributed by atoms with van der Waals surface area (Å²) in [4.78, 5) is 10.6. The molecule has 3 atom stereocenters. The molecular formula is C10H17N3OS. The highest BCUT2D eigenvalue weighted by atomic mass is 32.2. The predicted octanol–water partition coefficient (Wildman–Crippen LogP) is 1.70. The van der Waals surface area contributed by atoms with Crippen LogP contribution in [0.4, 0.5) is 4.79 Å². The van der Waals surface area contributed by atoms with E-state index in [0.29, 0.717) is 16.4 Å². The van der Waals surface area contributed by atoms with Crippen molar-refractivity contribution in [2.45, 2.75) is 43.1 Å². The predicted molar refractivity (Wildman–Crippen MR) is 63.0 cm³/mol. The first-order valence-electron chi connectivity index (χ1n) is 5.44. The van der Waals surface area contributed by atoms with Crippen LogP contribution in [0.1, 0.15) is 32.6 Å². The number of carbonyl (C=O) groups excluding carboxylic acids is 1. The van der Waals surface area contributed by atoms with Crippen molar-refractivity contribution in [3.05, 3.63) is 0 Å². The van der Waals surface area contributed by atoms with Crippen LogP contribution in [0.5, 0.6) is 0 Å². The molecule has 0 aromatic carbocycles. The molecule has 2 amide bonds. The molecule has 0 aromatic rings. The lowest BCUT2D eigenvalue weighted by atomic mass is 9.97. The van der Waals surface area contributed by atoms with Gasteiger partial charge in [-0.05, 0) is 19.3 Å². The Labute approximate surface area is 94.1 Å². The van der Waals surface area contributed by atoms with E-state index in [-0.39, 0.29) is 0 Å². The minimum Gasteiger partial charge on any atom is -0.350 e. The summed E-state index contributed by atoms with van der Waals surface area (Å²) in [5, 5.41) is 5.47. The zero-order chi connectivity index (χ0) is 10.8. The molecular weight excluding hydrogens is 210 g/mol. The van der Waals surface area contributed by atoms with Crippen LogP contribution < -0.4 is 11.2 Å². The fourth-order valence-corrected chi connectivity index (χ4v) is 4.17. The Balaban J connectivity index is 2.07. The Hall–Kier alpha value is -0.710. The van der Waals surface area contributed by atoms with Crippen molar-refractivity contribution in [1.29, 1.82) is 0 Å². The van der Waals surface area contributed by atoms with Gasteiger partial charge >= 0.3 is 6.03 Å². The van der Waals surface area contributed by atoms with Crippen LogP contribution in [0.25, 0.3) is 0 Å². The number of fused-ring (bicyclic) bond motifs is 1. The molecule has 0 aromatic heterocycles. The molecule has 0 bridgehead atoms. The van der Waals surface area contributed by atoms with Gasteiger partial charge in [0.25, 0.3) is 0 Å². The van der Waals surface area contributed by atoms with E-state index >= 15 is 0 Å². The van der Waals surface area contributed by atoms with Crippen molar-refractivity contribution in [3.8, 4) is 0 Å². The summed E-state index contributed by atoms with van der Waals surface area (Å²) in [6, 6.07) is -0.567. The van der Waals surface area contributed by atoms with Gasteiger partial charge in [-0.25, -0.2) is 10.2 Å². The third-order valence-electron chi connectivity index (χ3n) is 3.09. The third-order valence-corrected chi connectivity index (χ3v) is 4.64.